The fourth-order valence-corrected chi connectivity index (χ4v) is 3.74. The van der Waals surface area contributed by atoms with Crippen molar-refractivity contribution in [1.82, 2.24) is 4.90 Å². The van der Waals surface area contributed by atoms with Crippen molar-refractivity contribution in [3.63, 3.8) is 0 Å². The number of hydrogen-bond acceptors (Lipinski definition) is 5. The quantitative estimate of drug-likeness (QED) is 0.547. The average Bonchev–Trinajstić information content (AvgIpc) is 2.80. The summed E-state index contributed by atoms with van der Waals surface area (Å²) in [7, 11) is 0. The van der Waals surface area contributed by atoms with Crippen molar-refractivity contribution in [3.05, 3.63) is 53.6 Å². The lowest BCUT2D eigenvalue weighted by Gasteiger charge is -2.35. The summed E-state index contributed by atoms with van der Waals surface area (Å²) in [5, 5.41) is 2.90. The summed E-state index contributed by atoms with van der Waals surface area (Å²) in [6.45, 7) is 8.44. The summed E-state index contributed by atoms with van der Waals surface area (Å²) in [4.78, 5) is 17.2. The lowest BCUT2D eigenvalue weighted by Crippen LogP contribution is -2.46. The van der Waals surface area contributed by atoms with E-state index in [0.717, 1.165) is 49.7 Å². The van der Waals surface area contributed by atoms with Crippen molar-refractivity contribution in [3.8, 4) is 11.5 Å². The van der Waals surface area contributed by atoms with E-state index in [1.54, 1.807) is 25.1 Å². The molecule has 1 aliphatic heterocycles. The molecular formula is C25H31F2N3O3. The van der Waals surface area contributed by atoms with Crippen LogP contribution < -0.4 is 19.7 Å². The van der Waals surface area contributed by atoms with Gasteiger partial charge in [0.15, 0.2) is 11.5 Å². The van der Waals surface area contributed by atoms with Crippen LogP contribution >= 0.6 is 0 Å². The van der Waals surface area contributed by atoms with Crippen LogP contribution in [0.4, 0.5) is 20.2 Å². The smallest absolute Gasteiger partial charge is 0.387 e. The first kappa shape index (κ1) is 24.5. The van der Waals surface area contributed by atoms with Gasteiger partial charge in [-0.2, -0.15) is 8.78 Å². The van der Waals surface area contributed by atoms with E-state index in [1.807, 2.05) is 19.1 Å². The molecule has 8 heteroatoms. The van der Waals surface area contributed by atoms with Gasteiger partial charge in [-0.15, -0.1) is 0 Å². The number of alkyl halides is 2. The number of rotatable bonds is 9. The minimum absolute atomic E-state index is 0.0414. The lowest BCUT2D eigenvalue weighted by molar-refractivity contribution is -0.111. The molecule has 0 unspecified atom stereocenters. The minimum atomic E-state index is -2.94. The van der Waals surface area contributed by atoms with Gasteiger partial charge in [0.05, 0.1) is 6.61 Å². The number of ether oxygens (including phenoxy) is 2. The summed E-state index contributed by atoms with van der Waals surface area (Å²) in [6, 6.07) is 10.6. The Hall–Kier alpha value is -3.13. The van der Waals surface area contributed by atoms with Crippen molar-refractivity contribution in [2.24, 2.45) is 0 Å². The number of likely N-dealkylation sites (N-methyl/N-ethyl adjacent to an activating group) is 1. The van der Waals surface area contributed by atoms with Gasteiger partial charge in [-0.3, -0.25) is 4.79 Å². The van der Waals surface area contributed by atoms with Crippen molar-refractivity contribution < 1.29 is 23.0 Å². The number of hydrogen-bond donors (Lipinski definition) is 1. The molecule has 1 heterocycles. The molecule has 178 valence electrons. The Bertz CT molecular complexity index is 973. The number of nitrogens with one attached hydrogen (secondary N) is 1. The molecule has 6 nitrogen and oxygen atoms in total. The van der Waals surface area contributed by atoms with Gasteiger partial charge in [0.25, 0.3) is 0 Å². The number of benzene rings is 2. The molecule has 1 aliphatic rings. The van der Waals surface area contributed by atoms with E-state index in [2.05, 4.69) is 32.8 Å². The van der Waals surface area contributed by atoms with Crippen molar-refractivity contribution in [1.29, 1.82) is 0 Å². The molecule has 1 fully saturated rings. The molecule has 0 spiro atoms. The van der Waals surface area contributed by atoms with E-state index in [0.29, 0.717) is 12.2 Å². The van der Waals surface area contributed by atoms with Gasteiger partial charge in [-0.25, -0.2) is 0 Å². The minimum Gasteiger partial charge on any atom is -0.490 e. The molecule has 0 radical (unpaired) electrons. The highest BCUT2D eigenvalue weighted by molar-refractivity contribution is 6.02. The van der Waals surface area contributed by atoms with Gasteiger partial charge in [0.1, 0.15) is 0 Å². The monoisotopic (exact) mass is 459 g/mol. The SMILES string of the molecule is CCOc1cc(/C=C/C(=O)Nc2ccc(N3CCN(CC)CC3)cc2C)ccc1OC(F)F. The van der Waals surface area contributed by atoms with E-state index in [-0.39, 0.29) is 17.4 Å². The van der Waals surface area contributed by atoms with E-state index >= 15 is 0 Å². The molecule has 2 aromatic rings. The maximum Gasteiger partial charge on any atom is 0.387 e. The second kappa shape index (κ2) is 11.7. The number of amides is 1. The molecule has 3 rings (SSSR count). The van der Waals surface area contributed by atoms with E-state index < -0.39 is 6.61 Å². The van der Waals surface area contributed by atoms with Crippen LogP contribution in [0.25, 0.3) is 6.08 Å². The van der Waals surface area contributed by atoms with Crippen molar-refractivity contribution in [2.75, 3.05) is 49.5 Å². The molecule has 1 saturated heterocycles. The first-order valence-corrected chi connectivity index (χ1v) is 11.2. The summed E-state index contributed by atoms with van der Waals surface area (Å²) in [5.74, 6) is -0.125. The predicted octanol–water partition coefficient (Wildman–Crippen LogP) is 4.79. The molecule has 0 aliphatic carbocycles. The van der Waals surface area contributed by atoms with E-state index in [9.17, 15) is 13.6 Å². The fourth-order valence-electron chi connectivity index (χ4n) is 3.74. The van der Waals surface area contributed by atoms with Crippen LogP contribution in [0.2, 0.25) is 0 Å². The Balaban J connectivity index is 1.62. The van der Waals surface area contributed by atoms with E-state index in [1.165, 1.54) is 12.1 Å². The maximum absolute atomic E-state index is 12.5. The summed E-state index contributed by atoms with van der Waals surface area (Å²) < 4.78 is 34.9. The molecule has 0 saturated carbocycles. The van der Waals surface area contributed by atoms with Gasteiger partial charge < -0.3 is 24.6 Å². The molecular weight excluding hydrogens is 428 g/mol. The Morgan fingerprint density at radius 2 is 1.85 bits per heavy atom. The second-order valence-corrected chi connectivity index (χ2v) is 7.76. The molecule has 0 aromatic heterocycles. The number of carbonyl (C=O) groups is 1. The third-order valence-electron chi connectivity index (χ3n) is 5.56. The number of aryl methyl sites for hydroxylation is 1. The molecule has 33 heavy (non-hydrogen) atoms. The third kappa shape index (κ3) is 6.92. The molecule has 0 bridgehead atoms. The Morgan fingerprint density at radius 3 is 2.48 bits per heavy atom. The molecule has 1 N–H and O–H groups in total. The Kier molecular flexibility index (Phi) is 8.65. The highest BCUT2D eigenvalue weighted by atomic mass is 19.3. The standard InChI is InChI=1S/C25H31F2N3O3/c1-4-29-12-14-30(15-13-29)20-8-9-21(18(3)16-20)28-24(31)11-7-19-6-10-22(33-25(26)27)23(17-19)32-5-2/h6-11,16-17,25H,4-5,12-15H2,1-3H3,(H,28,31)/b11-7+. The number of nitrogens with zero attached hydrogens (tertiary/aromatic N) is 2. The second-order valence-electron chi connectivity index (χ2n) is 7.76. The largest absolute Gasteiger partial charge is 0.490 e. The van der Waals surface area contributed by atoms with Crippen LogP contribution in [0.15, 0.2) is 42.5 Å². The van der Waals surface area contributed by atoms with Gasteiger partial charge in [0.2, 0.25) is 5.91 Å². The summed E-state index contributed by atoms with van der Waals surface area (Å²) in [6.07, 6.45) is 3.00. The Labute approximate surface area is 193 Å². The van der Waals surface area contributed by atoms with E-state index in [4.69, 9.17) is 4.74 Å². The fraction of sp³-hybridized carbons (Fsp3) is 0.400. The van der Waals surface area contributed by atoms with Crippen LogP contribution in [0, 0.1) is 6.92 Å². The zero-order valence-electron chi connectivity index (χ0n) is 19.3. The van der Waals surface area contributed by atoms with Crippen LogP contribution in [-0.2, 0) is 4.79 Å². The van der Waals surface area contributed by atoms with Gasteiger partial charge in [-0.1, -0.05) is 13.0 Å². The highest BCUT2D eigenvalue weighted by Crippen LogP contribution is 2.30. The molecule has 2 aromatic carbocycles. The number of piperazine rings is 1. The van der Waals surface area contributed by atoms with Gasteiger partial charge in [-0.05, 0) is 67.9 Å². The van der Waals surface area contributed by atoms with Crippen LogP contribution in [-0.4, -0.2) is 56.7 Å². The number of halogens is 2. The highest BCUT2D eigenvalue weighted by Gasteiger charge is 2.16. The average molecular weight is 460 g/mol. The number of carbonyl (C=O) groups excluding carboxylic acids is 1. The zero-order chi connectivity index (χ0) is 23.8. The summed E-state index contributed by atoms with van der Waals surface area (Å²) >= 11 is 0. The van der Waals surface area contributed by atoms with Crippen molar-refractivity contribution in [2.45, 2.75) is 27.4 Å². The van der Waals surface area contributed by atoms with Crippen LogP contribution in [0.5, 0.6) is 11.5 Å². The lowest BCUT2D eigenvalue weighted by atomic mass is 10.1. The Morgan fingerprint density at radius 1 is 1.09 bits per heavy atom. The molecule has 0 atom stereocenters. The van der Waals surface area contributed by atoms with Crippen LogP contribution in [0.3, 0.4) is 0 Å². The normalized spacial score (nSPS) is 14.7. The first-order valence-electron chi connectivity index (χ1n) is 11.2. The molecule has 1 amide bonds. The number of anilines is 2. The van der Waals surface area contributed by atoms with Crippen LogP contribution in [0.1, 0.15) is 25.0 Å². The zero-order valence-corrected chi connectivity index (χ0v) is 19.3. The maximum atomic E-state index is 12.5. The summed E-state index contributed by atoms with van der Waals surface area (Å²) in [5.41, 5.74) is 3.52. The topological polar surface area (TPSA) is 54.0 Å². The van der Waals surface area contributed by atoms with Gasteiger partial charge >= 0.3 is 6.61 Å². The third-order valence-corrected chi connectivity index (χ3v) is 5.56. The van der Waals surface area contributed by atoms with Crippen molar-refractivity contribution >= 4 is 23.4 Å². The first-order chi connectivity index (χ1) is 15.9. The predicted molar refractivity (Wildman–Crippen MR) is 127 cm³/mol. The van der Waals surface area contributed by atoms with Gasteiger partial charge in [0, 0.05) is 43.6 Å².